The zero-order valence-corrected chi connectivity index (χ0v) is 21.6. The number of amides is 2. The summed E-state index contributed by atoms with van der Waals surface area (Å²) in [7, 11) is 0. The highest BCUT2D eigenvalue weighted by molar-refractivity contribution is 8.01. The van der Waals surface area contributed by atoms with Gasteiger partial charge in [-0.2, -0.15) is 5.10 Å². The summed E-state index contributed by atoms with van der Waals surface area (Å²) in [6.07, 6.45) is 1.55. The maximum atomic E-state index is 13.3. The Morgan fingerprint density at radius 3 is 2.49 bits per heavy atom. The van der Waals surface area contributed by atoms with Gasteiger partial charge in [-0.15, -0.1) is 10.2 Å². The van der Waals surface area contributed by atoms with Crippen LogP contribution in [0.5, 0.6) is 11.5 Å². The highest BCUT2D eigenvalue weighted by Crippen LogP contribution is 2.28. The van der Waals surface area contributed by atoms with Crippen LogP contribution in [0.3, 0.4) is 0 Å². The third kappa shape index (κ3) is 6.83. The molecule has 0 aliphatic heterocycles. The summed E-state index contributed by atoms with van der Waals surface area (Å²) >= 11 is 2.32. The number of benzene rings is 2. The molecular formula is C24H23FN6O4S2. The monoisotopic (exact) mass is 542 g/mol. The van der Waals surface area contributed by atoms with Crippen molar-refractivity contribution in [2.45, 2.75) is 18.2 Å². The van der Waals surface area contributed by atoms with Crippen molar-refractivity contribution < 1.29 is 23.5 Å². The van der Waals surface area contributed by atoms with Crippen LogP contribution in [-0.2, 0) is 4.79 Å². The molecule has 0 saturated carbocycles. The maximum Gasteiger partial charge on any atom is 0.281 e. The smallest absolute Gasteiger partial charge is 0.281 e. The number of anilines is 2. The lowest BCUT2D eigenvalue weighted by Crippen LogP contribution is -2.14. The van der Waals surface area contributed by atoms with Crippen molar-refractivity contribution in [2.24, 2.45) is 0 Å². The number of aromatic nitrogens is 4. The summed E-state index contributed by atoms with van der Waals surface area (Å²) in [5.41, 5.74) is 1.20. The highest BCUT2D eigenvalue weighted by atomic mass is 32.2. The summed E-state index contributed by atoms with van der Waals surface area (Å²) in [6, 6.07) is 12.9. The number of carbonyl (C=O) groups excluding carboxylic acids is 2. The van der Waals surface area contributed by atoms with Crippen LogP contribution in [0.25, 0.3) is 5.69 Å². The van der Waals surface area contributed by atoms with Gasteiger partial charge < -0.3 is 14.8 Å². The molecule has 4 aromatic rings. The summed E-state index contributed by atoms with van der Waals surface area (Å²) in [5, 5.41) is 18.0. The van der Waals surface area contributed by atoms with E-state index in [1.165, 1.54) is 28.6 Å². The molecule has 0 aliphatic carbocycles. The Kier molecular flexibility index (Phi) is 8.69. The molecule has 192 valence electrons. The molecule has 37 heavy (non-hydrogen) atoms. The molecule has 0 unspecified atom stereocenters. The number of thioether (sulfide) groups is 1. The molecule has 2 aromatic heterocycles. The number of hydrogen-bond donors (Lipinski definition) is 2. The Hall–Kier alpha value is -3.97. The van der Waals surface area contributed by atoms with E-state index in [9.17, 15) is 14.0 Å². The van der Waals surface area contributed by atoms with Gasteiger partial charge in [-0.1, -0.05) is 35.2 Å². The lowest BCUT2D eigenvalue weighted by molar-refractivity contribution is -0.113. The van der Waals surface area contributed by atoms with Crippen LogP contribution in [0.4, 0.5) is 15.2 Å². The zero-order valence-electron chi connectivity index (χ0n) is 19.9. The second-order valence-corrected chi connectivity index (χ2v) is 9.49. The number of nitrogens with one attached hydrogen (secondary N) is 2. The minimum absolute atomic E-state index is 0.0444. The van der Waals surface area contributed by atoms with Crippen LogP contribution in [-0.4, -0.2) is 50.8 Å². The Balaban J connectivity index is 1.37. The average Bonchev–Trinajstić information content (AvgIpc) is 3.52. The number of hydrogen-bond acceptors (Lipinski definition) is 9. The summed E-state index contributed by atoms with van der Waals surface area (Å²) in [4.78, 5) is 25.3. The van der Waals surface area contributed by atoms with Gasteiger partial charge in [0.05, 0.1) is 36.5 Å². The molecule has 0 radical (unpaired) electrons. The predicted molar refractivity (Wildman–Crippen MR) is 140 cm³/mol. The van der Waals surface area contributed by atoms with Crippen LogP contribution >= 0.6 is 23.1 Å². The van der Waals surface area contributed by atoms with Crippen LogP contribution in [0.1, 0.15) is 24.3 Å². The van der Waals surface area contributed by atoms with Crippen molar-refractivity contribution in [1.82, 2.24) is 20.0 Å². The highest BCUT2D eigenvalue weighted by Gasteiger charge is 2.21. The maximum absolute atomic E-state index is 13.3. The standard InChI is InChI=1S/C24H23FN6O4S2/c1-3-34-18-8-6-5-7-17(18)26-20(32)14-36-24-29-28-23(37-24)27-22(33)21-19(35-4-2)13-31(30-21)16-11-9-15(25)10-12-16/h5-13H,3-4,14H2,1-2H3,(H,26,32)(H,27,28,33). The normalized spacial score (nSPS) is 10.7. The third-order valence-electron chi connectivity index (χ3n) is 4.70. The van der Waals surface area contributed by atoms with Gasteiger partial charge in [0.25, 0.3) is 5.91 Å². The largest absolute Gasteiger partial charge is 0.492 e. The number of nitrogens with zero attached hydrogens (tertiary/aromatic N) is 4. The molecule has 0 bridgehead atoms. The lowest BCUT2D eigenvalue weighted by atomic mass is 10.3. The summed E-state index contributed by atoms with van der Waals surface area (Å²) < 4.78 is 26.3. The topological polar surface area (TPSA) is 120 Å². The fourth-order valence-electron chi connectivity index (χ4n) is 3.14. The van der Waals surface area contributed by atoms with Crippen molar-refractivity contribution in [3.8, 4) is 17.2 Å². The molecule has 2 heterocycles. The van der Waals surface area contributed by atoms with E-state index in [1.807, 2.05) is 19.1 Å². The molecule has 0 spiro atoms. The number of rotatable bonds is 11. The number of ether oxygens (including phenoxy) is 2. The minimum Gasteiger partial charge on any atom is -0.492 e. The van der Waals surface area contributed by atoms with E-state index < -0.39 is 5.91 Å². The predicted octanol–water partition coefficient (Wildman–Crippen LogP) is 4.64. The number of halogens is 1. The zero-order chi connectivity index (χ0) is 26.2. The van der Waals surface area contributed by atoms with Gasteiger partial charge in [-0.05, 0) is 50.2 Å². The van der Waals surface area contributed by atoms with E-state index in [1.54, 1.807) is 37.4 Å². The SMILES string of the molecule is CCOc1ccccc1NC(=O)CSc1nnc(NC(=O)c2nn(-c3ccc(F)cc3)cc2OCC)s1. The molecule has 2 amide bonds. The first-order valence-electron chi connectivity index (χ1n) is 11.2. The molecular weight excluding hydrogens is 519 g/mol. The molecule has 0 saturated heterocycles. The first kappa shape index (κ1) is 26.1. The van der Waals surface area contributed by atoms with E-state index in [2.05, 4.69) is 25.9 Å². The second-order valence-electron chi connectivity index (χ2n) is 7.29. The third-order valence-corrected chi connectivity index (χ3v) is 6.67. The van der Waals surface area contributed by atoms with Gasteiger partial charge in [-0.25, -0.2) is 9.07 Å². The molecule has 2 N–H and O–H groups in total. The molecule has 0 atom stereocenters. The van der Waals surface area contributed by atoms with Gasteiger partial charge in [0.2, 0.25) is 11.0 Å². The van der Waals surface area contributed by atoms with Gasteiger partial charge in [0.15, 0.2) is 15.8 Å². The lowest BCUT2D eigenvalue weighted by Gasteiger charge is -2.10. The van der Waals surface area contributed by atoms with Crippen molar-refractivity contribution in [3.63, 3.8) is 0 Å². The van der Waals surface area contributed by atoms with Crippen molar-refractivity contribution >= 4 is 45.7 Å². The van der Waals surface area contributed by atoms with Crippen molar-refractivity contribution in [3.05, 3.63) is 66.2 Å². The molecule has 4 rings (SSSR count). The quantitative estimate of drug-likeness (QED) is 0.208. The van der Waals surface area contributed by atoms with E-state index in [-0.39, 0.29) is 34.1 Å². The fraction of sp³-hybridized carbons (Fsp3) is 0.208. The fourth-order valence-corrected chi connectivity index (χ4v) is 4.69. The second kappa shape index (κ2) is 12.3. The van der Waals surface area contributed by atoms with Crippen LogP contribution in [0.2, 0.25) is 0 Å². The van der Waals surface area contributed by atoms with E-state index in [4.69, 9.17) is 9.47 Å². The van der Waals surface area contributed by atoms with E-state index >= 15 is 0 Å². The van der Waals surface area contributed by atoms with Gasteiger partial charge in [-0.3, -0.25) is 14.9 Å². The summed E-state index contributed by atoms with van der Waals surface area (Å²) in [5.74, 6) is -0.186. The van der Waals surface area contributed by atoms with Gasteiger partial charge in [0, 0.05) is 0 Å². The van der Waals surface area contributed by atoms with Crippen molar-refractivity contribution in [1.29, 1.82) is 0 Å². The van der Waals surface area contributed by atoms with Gasteiger partial charge >= 0.3 is 0 Å². The first-order chi connectivity index (χ1) is 18.0. The molecule has 2 aromatic carbocycles. The van der Waals surface area contributed by atoms with Crippen LogP contribution in [0, 0.1) is 5.82 Å². The first-order valence-corrected chi connectivity index (χ1v) is 13.0. The molecule has 13 heteroatoms. The Bertz CT molecular complexity index is 1380. The molecule has 10 nitrogen and oxygen atoms in total. The van der Waals surface area contributed by atoms with Crippen LogP contribution in [0.15, 0.2) is 59.1 Å². The Morgan fingerprint density at radius 1 is 1.00 bits per heavy atom. The number of para-hydroxylation sites is 2. The van der Waals surface area contributed by atoms with Gasteiger partial charge in [0.1, 0.15) is 11.6 Å². The van der Waals surface area contributed by atoms with E-state index in [0.29, 0.717) is 34.7 Å². The van der Waals surface area contributed by atoms with Crippen molar-refractivity contribution in [2.75, 3.05) is 29.6 Å². The average molecular weight is 543 g/mol. The Morgan fingerprint density at radius 2 is 1.73 bits per heavy atom. The summed E-state index contributed by atoms with van der Waals surface area (Å²) in [6.45, 7) is 4.47. The van der Waals surface area contributed by atoms with E-state index in [0.717, 1.165) is 11.3 Å². The molecule has 0 aliphatic rings. The van der Waals surface area contributed by atoms with Crippen LogP contribution < -0.4 is 20.1 Å². The Labute approximate surface area is 220 Å². The number of carbonyl (C=O) groups is 2. The molecule has 0 fully saturated rings. The minimum atomic E-state index is -0.540.